The number of hydrogen-bond acceptors (Lipinski definition) is 4. The van der Waals surface area contributed by atoms with Crippen molar-refractivity contribution in [3.8, 4) is 5.75 Å². The lowest BCUT2D eigenvalue weighted by Crippen LogP contribution is -2.43. The summed E-state index contributed by atoms with van der Waals surface area (Å²) in [6, 6.07) is 8.86. The lowest BCUT2D eigenvalue weighted by atomic mass is 10.3. The van der Waals surface area contributed by atoms with E-state index in [-0.39, 0.29) is 6.02 Å². The van der Waals surface area contributed by atoms with Crippen LogP contribution < -0.4 is 15.6 Å². The number of nitrogens with one attached hydrogen (secondary N) is 2. The lowest BCUT2D eigenvalue weighted by Gasteiger charge is -2.09. The zero-order valence-electron chi connectivity index (χ0n) is 10.1. The number of amidine groups is 1. The molecule has 1 aromatic carbocycles. The van der Waals surface area contributed by atoms with E-state index < -0.39 is 6.09 Å². The summed E-state index contributed by atoms with van der Waals surface area (Å²) in [5.41, 5.74) is 4.77. The maximum atomic E-state index is 11.4. The molecule has 18 heavy (non-hydrogen) atoms. The van der Waals surface area contributed by atoms with Crippen LogP contribution in [-0.4, -0.2) is 25.8 Å². The lowest BCUT2D eigenvalue weighted by molar-refractivity contribution is 0.196. The highest BCUT2D eigenvalue weighted by Gasteiger charge is 2.04. The Balaban J connectivity index is 2.39. The largest absolute Gasteiger partial charge is 0.467 e. The van der Waals surface area contributed by atoms with Crippen LogP contribution in [0.2, 0.25) is 0 Å². The summed E-state index contributed by atoms with van der Waals surface area (Å²) in [6.07, 6.45) is 0.938. The van der Waals surface area contributed by atoms with E-state index in [0.717, 1.165) is 0 Å². The van der Waals surface area contributed by atoms with Crippen molar-refractivity contribution in [2.45, 2.75) is 0 Å². The minimum atomic E-state index is -0.662. The molecule has 0 unspecified atom stereocenters. The van der Waals surface area contributed by atoms with E-state index in [1.807, 2.05) is 6.07 Å². The fourth-order valence-corrected chi connectivity index (χ4v) is 1.03. The Morgan fingerprint density at radius 2 is 2.11 bits per heavy atom. The SMILES string of the molecule is C=CCN=C(NNC(=O)Oc1ccccc1)OC. The summed E-state index contributed by atoms with van der Waals surface area (Å²) < 4.78 is 9.84. The zero-order valence-corrected chi connectivity index (χ0v) is 10.1. The molecule has 0 aliphatic rings. The first-order chi connectivity index (χ1) is 8.76. The van der Waals surface area contributed by atoms with E-state index in [0.29, 0.717) is 12.3 Å². The number of benzene rings is 1. The molecule has 0 aromatic heterocycles. The van der Waals surface area contributed by atoms with Gasteiger partial charge >= 0.3 is 12.1 Å². The minimum Gasteiger partial charge on any atom is -0.467 e. The first-order valence-electron chi connectivity index (χ1n) is 5.24. The fourth-order valence-electron chi connectivity index (χ4n) is 1.03. The van der Waals surface area contributed by atoms with Gasteiger partial charge in [-0.25, -0.2) is 20.6 Å². The number of amides is 1. The maximum Gasteiger partial charge on any atom is 0.431 e. The van der Waals surface area contributed by atoms with E-state index in [4.69, 9.17) is 9.47 Å². The highest BCUT2D eigenvalue weighted by Crippen LogP contribution is 2.07. The van der Waals surface area contributed by atoms with Crippen LogP contribution in [0.25, 0.3) is 0 Å². The molecule has 0 aliphatic heterocycles. The third-order valence-corrected chi connectivity index (χ3v) is 1.78. The molecule has 0 heterocycles. The molecule has 1 amide bonds. The van der Waals surface area contributed by atoms with Crippen molar-refractivity contribution in [3.63, 3.8) is 0 Å². The van der Waals surface area contributed by atoms with Crippen LogP contribution in [0, 0.1) is 0 Å². The van der Waals surface area contributed by atoms with Crippen molar-refractivity contribution in [2.75, 3.05) is 13.7 Å². The number of hydrogen-bond donors (Lipinski definition) is 2. The number of nitrogens with zero attached hydrogens (tertiary/aromatic N) is 1. The summed E-state index contributed by atoms with van der Waals surface area (Å²) >= 11 is 0. The van der Waals surface area contributed by atoms with Gasteiger partial charge in [0.05, 0.1) is 13.7 Å². The highest BCUT2D eigenvalue weighted by molar-refractivity contribution is 5.78. The molecule has 0 atom stereocenters. The van der Waals surface area contributed by atoms with Gasteiger partial charge in [-0.15, -0.1) is 6.58 Å². The Kier molecular flexibility index (Phi) is 5.82. The van der Waals surface area contributed by atoms with E-state index in [2.05, 4.69) is 22.4 Å². The predicted octanol–water partition coefficient (Wildman–Crippen LogP) is 1.47. The molecule has 96 valence electrons. The predicted molar refractivity (Wildman–Crippen MR) is 68.2 cm³/mol. The van der Waals surface area contributed by atoms with Crippen molar-refractivity contribution >= 4 is 12.1 Å². The van der Waals surface area contributed by atoms with Crippen LogP contribution in [0.15, 0.2) is 48.0 Å². The van der Waals surface area contributed by atoms with Gasteiger partial charge in [-0.2, -0.15) is 0 Å². The molecule has 2 N–H and O–H groups in total. The van der Waals surface area contributed by atoms with Gasteiger partial charge in [0.1, 0.15) is 5.75 Å². The summed E-state index contributed by atoms with van der Waals surface area (Å²) in [5, 5.41) is 0. The second-order valence-electron chi connectivity index (χ2n) is 3.09. The van der Waals surface area contributed by atoms with Gasteiger partial charge in [-0.1, -0.05) is 24.3 Å². The first kappa shape index (κ1) is 13.6. The zero-order chi connectivity index (χ0) is 13.2. The van der Waals surface area contributed by atoms with Gasteiger partial charge in [0.25, 0.3) is 0 Å². The minimum absolute atomic E-state index is 0.167. The normalized spacial score (nSPS) is 10.4. The van der Waals surface area contributed by atoms with Crippen LogP contribution >= 0.6 is 0 Å². The number of para-hydroxylation sites is 1. The van der Waals surface area contributed by atoms with E-state index in [1.165, 1.54) is 7.11 Å². The summed E-state index contributed by atoms with van der Waals surface area (Å²) in [6.45, 7) is 3.90. The van der Waals surface area contributed by atoms with Gasteiger partial charge in [0.2, 0.25) is 0 Å². The molecular weight excluding hydrogens is 234 g/mol. The van der Waals surface area contributed by atoms with Gasteiger partial charge in [0, 0.05) is 0 Å². The van der Waals surface area contributed by atoms with Crippen LogP contribution in [0.1, 0.15) is 0 Å². The molecule has 0 spiro atoms. The average molecular weight is 249 g/mol. The number of rotatable bonds is 3. The van der Waals surface area contributed by atoms with Crippen LogP contribution in [-0.2, 0) is 4.74 Å². The van der Waals surface area contributed by atoms with Crippen LogP contribution in [0.3, 0.4) is 0 Å². The number of aliphatic imine (C=N–C) groups is 1. The standard InChI is InChI=1S/C12H15N3O3/c1-3-9-13-11(17-2)14-15-12(16)18-10-7-5-4-6-8-10/h3-8H,1,9H2,2H3,(H,13,14)(H,15,16). The van der Waals surface area contributed by atoms with Crippen molar-refractivity contribution < 1.29 is 14.3 Å². The fraction of sp³-hybridized carbons (Fsp3) is 0.167. The number of carbonyl (C=O) groups is 1. The first-order valence-corrected chi connectivity index (χ1v) is 5.24. The summed E-state index contributed by atoms with van der Waals surface area (Å²) in [4.78, 5) is 15.3. The number of methoxy groups -OCH3 is 1. The molecule has 0 radical (unpaired) electrons. The molecular formula is C12H15N3O3. The smallest absolute Gasteiger partial charge is 0.431 e. The molecule has 0 saturated heterocycles. The Bertz CT molecular complexity index is 418. The number of carbonyl (C=O) groups excluding carboxylic acids is 1. The van der Waals surface area contributed by atoms with Gasteiger partial charge in [0.15, 0.2) is 0 Å². The number of hydrazine groups is 1. The van der Waals surface area contributed by atoms with Crippen LogP contribution in [0.5, 0.6) is 5.75 Å². The van der Waals surface area contributed by atoms with Crippen molar-refractivity contribution in [1.82, 2.24) is 10.9 Å². The molecule has 1 rings (SSSR count). The molecule has 1 aromatic rings. The topological polar surface area (TPSA) is 72.0 Å². The average Bonchev–Trinajstić information content (AvgIpc) is 2.40. The maximum absolute atomic E-state index is 11.4. The van der Waals surface area contributed by atoms with E-state index in [1.54, 1.807) is 30.3 Å². The van der Waals surface area contributed by atoms with E-state index >= 15 is 0 Å². The monoisotopic (exact) mass is 249 g/mol. The van der Waals surface area contributed by atoms with E-state index in [9.17, 15) is 4.79 Å². The Morgan fingerprint density at radius 3 is 2.72 bits per heavy atom. The summed E-state index contributed by atoms with van der Waals surface area (Å²) in [5.74, 6) is 0.443. The molecule has 0 saturated carbocycles. The van der Waals surface area contributed by atoms with Crippen LogP contribution in [0.4, 0.5) is 4.79 Å². The molecule has 0 fully saturated rings. The summed E-state index contributed by atoms with van der Waals surface area (Å²) in [7, 11) is 1.43. The second kappa shape index (κ2) is 7.72. The van der Waals surface area contributed by atoms with Crippen molar-refractivity contribution in [3.05, 3.63) is 43.0 Å². The molecule has 0 aliphatic carbocycles. The molecule has 6 nitrogen and oxygen atoms in total. The van der Waals surface area contributed by atoms with Crippen molar-refractivity contribution in [2.24, 2.45) is 4.99 Å². The number of ether oxygens (including phenoxy) is 2. The third-order valence-electron chi connectivity index (χ3n) is 1.78. The molecule has 0 bridgehead atoms. The second-order valence-corrected chi connectivity index (χ2v) is 3.09. The van der Waals surface area contributed by atoms with Gasteiger partial charge in [-0.3, -0.25) is 0 Å². The third kappa shape index (κ3) is 5.02. The molecule has 6 heteroatoms. The van der Waals surface area contributed by atoms with Gasteiger partial charge in [-0.05, 0) is 12.1 Å². The van der Waals surface area contributed by atoms with Crippen molar-refractivity contribution in [1.29, 1.82) is 0 Å². The van der Waals surface area contributed by atoms with Gasteiger partial charge < -0.3 is 9.47 Å². The quantitative estimate of drug-likeness (QED) is 0.368. The Labute approximate surface area is 105 Å². The Hall–Kier alpha value is -2.50. The highest BCUT2D eigenvalue weighted by atomic mass is 16.6. The Morgan fingerprint density at radius 1 is 1.39 bits per heavy atom.